The molecule has 1 aliphatic rings. The molecule has 1 heterocycles. The summed E-state index contributed by atoms with van der Waals surface area (Å²) in [6.07, 6.45) is -4.64. The van der Waals surface area contributed by atoms with E-state index >= 15 is 0 Å². The highest BCUT2D eigenvalue weighted by Gasteiger charge is 2.34. The van der Waals surface area contributed by atoms with E-state index in [0.717, 1.165) is 5.56 Å². The molecule has 0 spiro atoms. The molecule has 10 heteroatoms. The number of esters is 1. The van der Waals surface area contributed by atoms with Crippen LogP contribution in [0.25, 0.3) is 0 Å². The average molecular weight is 373 g/mol. The van der Waals surface area contributed by atoms with Crippen LogP contribution in [0.5, 0.6) is 0 Å². The van der Waals surface area contributed by atoms with E-state index in [1.54, 1.807) is 26.8 Å². The molecule has 2 rings (SSSR count). The van der Waals surface area contributed by atoms with E-state index in [1.807, 2.05) is 0 Å². The monoisotopic (exact) mass is 373 g/mol. The van der Waals surface area contributed by atoms with Crippen molar-refractivity contribution < 1.29 is 37.2 Å². The summed E-state index contributed by atoms with van der Waals surface area (Å²) in [5.74, 6) is -2.29. The molecule has 1 aromatic carbocycles. The van der Waals surface area contributed by atoms with E-state index in [-0.39, 0.29) is 12.2 Å². The number of amides is 1. The van der Waals surface area contributed by atoms with Crippen LogP contribution in [0.3, 0.4) is 0 Å². The average Bonchev–Trinajstić information content (AvgIpc) is 2.91. The van der Waals surface area contributed by atoms with Gasteiger partial charge in [-0.05, 0) is 35.5 Å². The van der Waals surface area contributed by atoms with Crippen LogP contribution in [0, 0.1) is 12.8 Å². The predicted molar refractivity (Wildman–Crippen MR) is 86.7 cm³/mol. The first-order chi connectivity index (χ1) is 12.0. The first-order valence-corrected chi connectivity index (χ1v) is 7.97. The van der Waals surface area contributed by atoms with E-state index in [0.29, 0.717) is 11.0 Å². The Morgan fingerprint density at radius 2 is 2.04 bits per heavy atom. The number of hydrogen-bond donors (Lipinski definition) is 2. The summed E-state index contributed by atoms with van der Waals surface area (Å²) in [5.41, 5.74) is 1.91. The minimum atomic E-state index is -4.64. The lowest BCUT2D eigenvalue weighted by Gasteiger charge is -2.22. The second-order valence-electron chi connectivity index (χ2n) is 6.39. The maximum Gasteiger partial charge on any atom is 0.492 e. The van der Waals surface area contributed by atoms with Gasteiger partial charge in [-0.3, -0.25) is 4.79 Å². The van der Waals surface area contributed by atoms with E-state index in [2.05, 4.69) is 10.1 Å². The van der Waals surface area contributed by atoms with Crippen LogP contribution in [0.4, 0.5) is 13.2 Å². The second kappa shape index (κ2) is 7.67. The molecule has 1 atom stereocenters. The zero-order valence-corrected chi connectivity index (χ0v) is 14.5. The van der Waals surface area contributed by atoms with Crippen molar-refractivity contribution in [3.05, 3.63) is 28.8 Å². The van der Waals surface area contributed by atoms with Crippen LogP contribution >= 0.6 is 0 Å². The Kier molecular flexibility index (Phi) is 5.97. The van der Waals surface area contributed by atoms with Crippen molar-refractivity contribution in [1.82, 2.24) is 5.32 Å². The molecule has 26 heavy (non-hydrogen) atoms. The quantitative estimate of drug-likeness (QED) is 0.596. The van der Waals surface area contributed by atoms with Crippen molar-refractivity contribution in [1.29, 1.82) is 0 Å². The number of rotatable bonds is 5. The standard InChI is InChI=1S/C16H19BF3NO5/c1-8(2)13(15(23)25-7-16(18,19)20)21-14(22)11-5-4-10-6-26-17(24)12(10)9(11)3/h4-5,8,13,24H,6-7H2,1-3H3,(H,21,22). The molecule has 142 valence electrons. The van der Waals surface area contributed by atoms with E-state index in [9.17, 15) is 27.8 Å². The molecule has 0 aliphatic carbocycles. The van der Waals surface area contributed by atoms with Crippen LogP contribution in [-0.4, -0.2) is 42.8 Å². The number of fused-ring (bicyclic) bond motifs is 1. The second-order valence-corrected chi connectivity index (χ2v) is 6.39. The Bertz CT molecular complexity index is 708. The molecule has 0 bridgehead atoms. The lowest BCUT2D eigenvalue weighted by molar-refractivity contribution is -0.188. The van der Waals surface area contributed by atoms with Crippen molar-refractivity contribution in [3.8, 4) is 0 Å². The fraction of sp³-hybridized carbons (Fsp3) is 0.500. The van der Waals surface area contributed by atoms with Crippen LogP contribution in [-0.2, 0) is 20.8 Å². The molecular formula is C16H19BF3NO5. The Labute approximate surface area is 148 Å². The Balaban J connectivity index is 2.16. The molecule has 0 fully saturated rings. The number of benzene rings is 1. The van der Waals surface area contributed by atoms with Gasteiger partial charge >= 0.3 is 19.3 Å². The van der Waals surface area contributed by atoms with Crippen molar-refractivity contribution in [2.45, 2.75) is 39.6 Å². The van der Waals surface area contributed by atoms with Crippen LogP contribution in [0.15, 0.2) is 12.1 Å². The molecule has 2 N–H and O–H groups in total. The Hall–Kier alpha value is -2.07. The third-order valence-corrected chi connectivity index (χ3v) is 4.08. The first kappa shape index (κ1) is 20.2. The zero-order chi connectivity index (χ0) is 19.6. The first-order valence-electron chi connectivity index (χ1n) is 7.97. The normalized spacial score (nSPS) is 15.0. The largest absolute Gasteiger partial charge is 0.492 e. The summed E-state index contributed by atoms with van der Waals surface area (Å²) in [4.78, 5) is 24.5. The van der Waals surface area contributed by atoms with Crippen molar-refractivity contribution >= 4 is 24.5 Å². The molecule has 0 saturated heterocycles. The predicted octanol–water partition coefficient (Wildman–Crippen LogP) is 1.07. The van der Waals surface area contributed by atoms with Gasteiger partial charge in [0.15, 0.2) is 6.61 Å². The lowest BCUT2D eigenvalue weighted by atomic mass is 9.75. The third kappa shape index (κ3) is 4.56. The number of alkyl halides is 3. The molecule has 0 aromatic heterocycles. The number of hydrogen-bond acceptors (Lipinski definition) is 5. The summed E-state index contributed by atoms with van der Waals surface area (Å²) >= 11 is 0. The number of carbonyl (C=O) groups excluding carboxylic acids is 2. The summed E-state index contributed by atoms with van der Waals surface area (Å²) < 4.78 is 46.0. The fourth-order valence-corrected chi connectivity index (χ4v) is 2.71. The highest BCUT2D eigenvalue weighted by molar-refractivity contribution is 6.62. The SMILES string of the molecule is Cc1c(C(=O)NC(C(=O)OCC(F)(F)F)C(C)C)ccc2c1B(O)OC2. The van der Waals surface area contributed by atoms with Gasteiger partial charge in [0.2, 0.25) is 0 Å². The van der Waals surface area contributed by atoms with Crippen LogP contribution < -0.4 is 10.8 Å². The number of ether oxygens (including phenoxy) is 1. The van der Waals surface area contributed by atoms with Gasteiger partial charge in [-0.2, -0.15) is 13.2 Å². The molecule has 1 aliphatic heterocycles. The Morgan fingerprint density at radius 3 is 2.62 bits per heavy atom. The van der Waals surface area contributed by atoms with Gasteiger partial charge in [0.05, 0.1) is 6.61 Å². The van der Waals surface area contributed by atoms with Crippen LogP contribution in [0.2, 0.25) is 0 Å². The van der Waals surface area contributed by atoms with Gasteiger partial charge in [0, 0.05) is 5.56 Å². The third-order valence-electron chi connectivity index (χ3n) is 4.08. The lowest BCUT2D eigenvalue weighted by Crippen LogP contribution is -2.46. The summed E-state index contributed by atoms with van der Waals surface area (Å²) in [6.45, 7) is 3.28. The maximum absolute atomic E-state index is 12.5. The van der Waals surface area contributed by atoms with E-state index in [1.165, 1.54) is 6.07 Å². The molecule has 1 amide bonds. The highest BCUT2D eigenvalue weighted by atomic mass is 19.4. The van der Waals surface area contributed by atoms with Gasteiger partial charge in [0.25, 0.3) is 5.91 Å². The molecule has 0 radical (unpaired) electrons. The number of carbonyl (C=O) groups is 2. The van der Waals surface area contributed by atoms with Gasteiger partial charge in [-0.1, -0.05) is 19.9 Å². The van der Waals surface area contributed by atoms with Gasteiger partial charge < -0.3 is 19.7 Å². The summed E-state index contributed by atoms with van der Waals surface area (Å²) in [7, 11) is -1.14. The number of halogens is 3. The summed E-state index contributed by atoms with van der Waals surface area (Å²) in [5, 5.41) is 12.3. The van der Waals surface area contributed by atoms with Crippen LogP contribution in [0.1, 0.15) is 35.3 Å². The van der Waals surface area contributed by atoms with E-state index < -0.39 is 43.7 Å². The highest BCUT2D eigenvalue weighted by Crippen LogP contribution is 2.18. The van der Waals surface area contributed by atoms with Gasteiger partial charge in [-0.25, -0.2) is 4.79 Å². The number of nitrogens with one attached hydrogen (secondary N) is 1. The zero-order valence-electron chi connectivity index (χ0n) is 14.5. The minimum absolute atomic E-state index is 0.197. The molecule has 1 aromatic rings. The molecular weight excluding hydrogens is 354 g/mol. The Morgan fingerprint density at radius 1 is 1.38 bits per heavy atom. The van der Waals surface area contributed by atoms with Crippen molar-refractivity contribution in [2.24, 2.45) is 5.92 Å². The topological polar surface area (TPSA) is 84.9 Å². The van der Waals surface area contributed by atoms with Crippen molar-refractivity contribution in [2.75, 3.05) is 6.61 Å². The van der Waals surface area contributed by atoms with Gasteiger partial charge in [-0.15, -0.1) is 0 Å². The molecule has 6 nitrogen and oxygen atoms in total. The minimum Gasteiger partial charge on any atom is -0.454 e. The van der Waals surface area contributed by atoms with E-state index in [4.69, 9.17) is 4.65 Å². The van der Waals surface area contributed by atoms with Crippen molar-refractivity contribution in [3.63, 3.8) is 0 Å². The summed E-state index contributed by atoms with van der Waals surface area (Å²) in [6, 6.07) is 1.90. The molecule has 0 saturated carbocycles. The fourth-order valence-electron chi connectivity index (χ4n) is 2.71. The maximum atomic E-state index is 12.5. The smallest absolute Gasteiger partial charge is 0.454 e. The van der Waals surface area contributed by atoms with Gasteiger partial charge in [0.1, 0.15) is 6.04 Å². The molecule has 1 unspecified atom stereocenters.